The Kier molecular flexibility index (Phi) is 3.94. The summed E-state index contributed by atoms with van der Waals surface area (Å²) in [4.78, 5) is 29.1. The quantitative estimate of drug-likeness (QED) is 0.840. The maximum atomic E-state index is 12.4. The zero-order valence-corrected chi connectivity index (χ0v) is 10.7. The van der Waals surface area contributed by atoms with Crippen molar-refractivity contribution in [2.75, 3.05) is 11.9 Å². The van der Waals surface area contributed by atoms with Crippen LogP contribution < -0.4 is 4.90 Å². The minimum Gasteiger partial charge on any atom is -0.481 e. The molecule has 0 aliphatic heterocycles. The molecule has 1 heterocycles. The minimum absolute atomic E-state index is 0.199. The van der Waals surface area contributed by atoms with Crippen LogP contribution in [0.25, 0.3) is 0 Å². The lowest BCUT2D eigenvalue weighted by atomic mass is 9.82. The number of anilines is 1. The zero-order valence-electron chi connectivity index (χ0n) is 10.7. The first-order valence-corrected chi connectivity index (χ1v) is 6.17. The molecule has 1 aliphatic carbocycles. The predicted octanol–water partition coefficient (Wildman–Crippen LogP) is 1.71. The van der Waals surface area contributed by atoms with Crippen molar-refractivity contribution >= 4 is 17.7 Å². The Morgan fingerprint density at radius 1 is 1.26 bits per heavy atom. The molecule has 2 rings (SSSR count). The number of allylic oxidation sites excluding steroid dienone is 2. The second-order valence-corrected chi connectivity index (χ2v) is 4.58. The van der Waals surface area contributed by atoms with Gasteiger partial charge in [0.1, 0.15) is 5.82 Å². The number of nitrogens with zero attached hydrogens (tertiary/aromatic N) is 2. The topological polar surface area (TPSA) is 70.5 Å². The third-order valence-corrected chi connectivity index (χ3v) is 3.39. The molecular formula is C14H16N2O3. The van der Waals surface area contributed by atoms with Crippen LogP contribution in [0.15, 0.2) is 36.5 Å². The monoisotopic (exact) mass is 260 g/mol. The molecule has 2 atom stereocenters. The van der Waals surface area contributed by atoms with E-state index in [1.54, 1.807) is 31.4 Å². The van der Waals surface area contributed by atoms with E-state index in [1.165, 1.54) is 4.90 Å². The van der Waals surface area contributed by atoms with E-state index >= 15 is 0 Å². The van der Waals surface area contributed by atoms with Crippen LogP contribution in [-0.2, 0) is 9.59 Å². The molecule has 19 heavy (non-hydrogen) atoms. The smallest absolute Gasteiger partial charge is 0.307 e. The fourth-order valence-electron chi connectivity index (χ4n) is 2.27. The van der Waals surface area contributed by atoms with Crippen LogP contribution in [0, 0.1) is 11.8 Å². The number of aliphatic carboxylic acids is 1. The molecule has 0 unspecified atom stereocenters. The average Bonchev–Trinajstić information content (AvgIpc) is 2.46. The van der Waals surface area contributed by atoms with E-state index in [2.05, 4.69) is 4.98 Å². The van der Waals surface area contributed by atoms with Gasteiger partial charge in [-0.1, -0.05) is 18.2 Å². The molecule has 5 heteroatoms. The molecule has 100 valence electrons. The van der Waals surface area contributed by atoms with Crippen molar-refractivity contribution in [2.45, 2.75) is 12.8 Å². The SMILES string of the molecule is CN(C(=O)[C@@H]1CC=CC[C@@H]1C(=O)O)c1ccccn1. The summed E-state index contributed by atoms with van der Waals surface area (Å²) in [7, 11) is 1.63. The van der Waals surface area contributed by atoms with E-state index in [-0.39, 0.29) is 5.91 Å². The van der Waals surface area contributed by atoms with Crippen molar-refractivity contribution in [2.24, 2.45) is 11.8 Å². The van der Waals surface area contributed by atoms with Gasteiger partial charge in [0, 0.05) is 13.2 Å². The summed E-state index contributed by atoms with van der Waals surface area (Å²) in [5.74, 6) is -1.75. The first kappa shape index (κ1) is 13.3. The molecule has 0 saturated carbocycles. The minimum atomic E-state index is -0.919. The highest BCUT2D eigenvalue weighted by Gasteiger charge is 2.35. The number of rotatable bonds is 3. The average molecular weight is 260 g/mol. The maximum Gasteiger partial charge on any atom is 0.307 e. The highest BCUT2D eigenvalue weighted by atomic mass is 16.4. The predicted molar refractivity (Wildman–Crippen MR) is 70.6 cm³/mol. The molecule has 0 fully saturated rings. The summed E-state index contributed by atoms with van der Waals surface area (Å²) >= 11 is 0. The molecular weight excluding hydrogens is 244 g/mol. The molecule has 1 aromatic rings. The van der Waals surface area contributed by atoms with Gasteiger partial charge in [-0.3, -0.25) is 14.5 Å². The van der Waals surface area contributed by atoms with Crippen LogP contribution in [-0.4, -0.2) is 29.0 Å². The Bertz CT molecular complexity index is 499. The normalized spacial score (nSPS) is 21.9. The number of amides is 1. The van der Waals surface area contributed by atoms with E-state index < -0.39 is 17.8 Å². The fraction of sp³-hybridized carbons (Fsp3) is 0.357. The van der Waals surface area contributed by atoms with Crippen LogP contribution in [0.5, 0.6) is 0 Å². The summed E-state index contributed by atoms with van der Waals surface area (Å²) in [6.07, 6.45) is 6.17. The summed E-state index contributed by atoms with van der Waals surface area (Å²) < 4.78 is 0. The van der Waals surface area contributed by atoms with Crippen LogP contribution in [0.4, 0.5) is 5.82 Å². The lowest BCUT2D eigenvalue weighted by molar-refractivity contribution is -0.146. The lowest BCUT2D eigenvalue weighted by Crippen LogP contribution is -2.40. The molecule has 0 radical (unpaired) electrons. The van der Waals surface area contributed by atoms with Crippen molar-refractivity contribution in [3.8, 4) is 0 Å². The van der Waals surface area contributed by atoms with E-state index in [4.69, 9.17) is 0 Å². The van der Waals surface area contributed by atoms with Gasteiger partial charge in [-0.2, -0.15) is 0 Å². The Hall–Kier alpha value is -2.17. The largest absolute Gasteiger partial charge is 0.481 e. The van der Waals surface area contributed by atoms with Gasteiger partial charge in [-0.05, 0) is 25.0 Å². The number of carboxylic acid groups (broad SMARTS) is 1. The molecule has 1 amide bonds. The van der Waals surface area contributed by atoms with Crippen LogP contribution >= 0.6 is 0 Å². The second kappa shape index (κ2) is 5.65. The van der Waals surface area contributed by atoms with Gasteiger partial charge in [0.15, 0.2) is 0 Å². The number of carbonyl (C=O) groups excluding carboxylic acids is 1. The fourth-order valence-corrected chi connectivity index (χ4v) is 2.27. The van der Waals surface area contributed by atoms with Gasteiger partial charge in [-0.15, -0.1) is 0 Å². The second-order valence-electron chi connectivity index (χ2n) is 4.58. The van der Waals surface area contributed by atoms with Crippen molar-refractivity contribution in [1.29, 1.82) is 0 Å². The maximum absolute atomic E-state index is 12.4. The molecule has 1 aromatic heterocycles. The van der Waals surface area contributed by atoms with Crippen molar-refractivity contribution < 1.29 is 14.7 Å². The third-order valence-electron chi connectivity index (χ3n) is 3.39. The van der Waals surface area contributed by atoms with Crippen molar-refractivity contribution in [1.82, 2.24) is 4.98 Å². The van der Waals surface area contributed by atoms with E-state index in [0.29, 0.717) is 18.7 Å². The van der Waals surface area contributed by atoms with Gasteiger partial charge in [0.05, 0.1) is 11.8 Å². The molecule has 0 bridgehead atoms. The van der Waals surface area contributed by atoms with Gasteiger partial charge >= 0.3 is 5.97 Å². The molecule has 1 N–H and O–H groups in total. The summed E-state index contributed by atoms with van der Waals surface area (Å²) in [6.45, 7) is 0. The molecule has 0 spiro atoms. The van der Waals surface area contributed by atoms with Crippen molar-refractivity contribution in [3.05, 3.63) is 36.5 Å². The highest BCUT2D eigenvalue weighted by Crippen LogP contribution is 2.28. The summed E-state index contributed by atoms with van der Waals surface area (Å²) in [5, 5.41) is 9.19. The molecule has 0 aromatic carbocycles. The van der Waals surface area contributed by atoms with Crippen LogP contribution in [0.3, 0.4) is 0 Å². The van der Waals surface area contributed by atoms with Gasteiger partial charge in [-0.25, -0.2) is 4.98 Å². The first-order valence-electron chi connectivity index (χ1n) is 6.17. The zero-order chi connectivity index (χ0) is 13.8. The van der Waals surface area contributed by atoms with E-state index in [0.717, 1.165) is 0 Å². The van der Waals surface area contributed by atoms with Gasteiger partial charge in [0.2, 0.25) is 5.91 Å². The Labute approximate surface area is 111 Å². The highest BCUT2D eigenvalue weighted by molar-refractivity contribution is 5.96. The molecule has 0 saturated heterocycles. The van der Waals surface area contributed by atoms with E-state index in [9.17, 15) is 14.7 Å². The van der Waals surface area contributed by atoms with Crippen LogP contribution in [0.1, 0.15) is 12.8 Å². The van der Waals surface area contributed by atoms with Crippen LogP contribution in [0.2, 0.25) is 0 Å². The van der Waals surface area contributed by atoms with Gasteiger partial charge in [0.25, 0.3) is 0 Å². The Balaban J connectivity index is 2.18. The Morgan fingerprint density at radius 3 is 2.53 bits per heavy atom. The summed E-state index contributed by atoms with van der Waals surface area (Å²) in [5.41, 5.74) is 0. The number of hydrogen-bond acceptors (Lipinski definition) is 3. The molecule has 1 aliphatic rings. The van der Waals surface area contributed by atoms with Gasteiger partial charge < -0.3 is 5.11 Å². The number of carbonyl (C=O) groups is 2. The Morgan fingerprint density at radius 2 is 1.95 bits per heavy atom. The lowest BCUT2D eigenvalue weighted by Gasteiger charge is -2.28. The first-order chi connectivity index (χ1) is 9.11. The summed E-state index contributed by atoms with van der Waals surface area (Å²) in [6, 6.07) is 5.29. The van der Waals surface area contributed by atoms with E-state index in [1.807, 2.05) is 12.2 Å². The number of pyridine rings is 1. The number of aromatic nitrogens is 1. The third kappa shape index (κ3) is 2.81. The number of hydrogen-bond donors (Lipinski definition) is 1. The van der Waals surface area contributed by atoms with Crippen molar-refractivity contribution in [3.63, 3.8) is 0 Å². The molecule has 5 nitrogen and oxygen atoms in total. The number of carboxylic acids is 1. The standard InChI is InChI=1S/C14H16N2O3/c1-16(12-8-4-5-9-15-12)13(17)10-6-2-3-7-11(10)14(18)19/h2-5,8-11H,6-7H2,1H3,(H,18,19)/t10-,11+/m1/s1.